The minimum absolute atomic E-state index is 0.000509. The van der Waals surface area contributed by atoms with Crippen LogP contribution >= 0.6 is 22.9 Å². The molecule has 0 N–H and O–H groups in total. The molecule has 2 saturated carbocycles. The van der Waals surface area contributed by atoms with Crippen LogP contribution < -0.4 is 9.47 Å². The number of fused-ring (bicyclic) bond motifs is 2. The van der Waals surface area contributed by atoms with Crippen molar-refractivity contribution in [2.75, 3.05) is 0 Å². The number of carbonyl (C=O) groups excluding carboxylic acids is 4. The van der Waals surface area contributed by atoms with Crippen molar-refractivity contribution in [1.29, 1.82) is 0 Å². The highest BCUT2D eigenvalue weighted by Crippen LogP contribution is 2.44. The summed E-state index contributed by atoms with van der Waals surface area (Å²) in [4.78, 5) is 55.0. The molecule has 0 bridgehead atoms. The van der Waals surface area contributed by atoms with E-state index in [0.717, 1.165) is 16.5 Å². The largest absolute Gasteiger partial charge is 0.454 e. The molecular formula is C35H36ClNO7S. The van der Waals surface area contributed by atoms with Crippen LogP contribution in [0, 0.1) is 37.5 Å². The van der Waals surface area contributed by atoms with Crippen molar-refractivity contribution in [2.24, 2.45) is 23.7 Å². The summed E-state index contributed by atoms with van der Waals surface area (Å²) in [6, 6.07) is 7.05. The third-order valence-corrected chi connectivity index (χ3v) is 11.2. The Kier molecular flexibility index (Phi) is 8.85. The van der Waals surface area contributed by atoms with E-state index in [1.54, 1.807) is 26.0 Å². The third-order valence-electron chi connectivity index (χ3n) is 9.56. The fourth-order valence-corrected chi connectivity index (χ4v) is 7.81. The van der Waals surface area contributed by atoms with E-state index in [1.165, 1.54) is 11.3 Å². The molecule has 4 aromatic rings. The van der Waals surface area contributed by atoms with Gasteiger partial charge in [-0.3, -0.25) is 19.2 Å². The predicted octanol–water partition coefficient (Wildman–Crippen LogP) is 8.58. The first-order chi connectivity index (χ1) is 21.5. The maximum absolute atomic E-state index is 13.3. The Hall–Kier alpha value is -3.56. The summed E-state index contributed by atoms with van der Waals surface area (Å²) in [7, 11) is 0. The second kappa shape index (κ2) is 12.7. The van der Waals surface area contributed by atoms with Gasteiger partial charge in [0.15, 0.2) is 22.3 Å². The number of esters is 2. The molecule has 2 fully saturated rings. The lowest BCUT2D eigenvalue weighted by Gasteiger charge is -2.25. The molecule has 2 heterocycles. The highest BCUT2D eigenvalue weighted by molar-refractivity contribution is 7.22. The van der Waals surface area contributed by atoms with Crippen LogP contribution in [-0.4, -0.2) is 28.5 Å². The van der Waals surface area contributed by atoms with Gasteiger partial charge in [0.2, 0.25) is 0 Å². The fraction of sp³-hybridized carbons (Fsp3) is 0.457. The van der Waals surface area contributed by atoms with E-state index in [-0.39, 0.29) is 52.9 Å². The number of hydrogen-bond acceptors (Lipinski definition) is 9. The molecule has 10 heteroatoms. The van der Waals surface area contributed by atoms with E-state index in [1.807, 2.05) is 26.0 Å². The molecule has 0 radical (unpaired) electrons. The van der Waals surface area contributed by atoms with Crippen molar-refractivity contribution in [1.82, 2.24) is 4.98 Å². The number of aromatic nitrogens is 1. The lowest BCUT2D eigenvalue weighted by molar-refractivity contribution is -0.141. The summed E-state index contributed by atoms with van der Waals surface area (Å²) in [5, 5.41) is 2.09. The second-order valence-electron chi connectivity index (χ2n) is 12.6. The predicted molar refractivity (Wildman–Crippen MR) is 173 cm³/mol. The molecule has 0 amide bonds. The van der Waals surface area contributed by atoms with Crippen molar-refractivity contribution >= 4 is 67.6 Å². The minimum atomic E-state index is -0.357. The summed E-state index contributed by atoms with van der Waals surface area (Å²) in [5.41, 5.74) is 2.90. The molecule has 6 rings (SSSR count). The van der Waals surface area contributed by atoms with E-state index >= 15 is 0 Å². The lowest BCUT2D eigenvalue weighted by atomic mass is 9.80. The van der Waals surface area contributed by atoms with Gasteiger partial charge in [0, 0.05) is 22.2 Å². The molecule has 45 heavy (non-hydrogen) atoms. The number of Topliss-reactive ketones (excluding diaryl/α,β-unsaturated/α-hetero) is 2. The van der Waals surface area contributed by atoms with Crippen molar-refractivity contribution in [3.05, 3.63) is 40.4 Å². The van der Waals surface area contributed by atoms with Crippen molar-refractivity contribution < 1.29 is 33.1 Å². The number of hydrogen-bond donors (Lipinski definition) is 0. The Bertz CT molecular complexity index is 1740. The zero-order chi connectivity index (χ0) is 32.0. The smallest absolute Gasteiger partial charge is 0.314 e. The van der Waals surface area contributed by atoms with E-state index in [2.05, 4.69) is 0 Å². The molecule has 0 unspecified atom stereocenters. The summed E-state index contributed by atoms with van der Waals surface area (Å²) in [6.07, 6.45) is 5.07. The minimum Gasteiger partial charge on any atom is -0.454 e. The lowest BCUT2D eigenvalue weighted by Crippen LogP contribution is -2.28. The van der Waals surface area contributed by atoms with Gasteiger partial charge in [-0.25, -0.2) is 4.98 Å². The average Bonchev–Trinajstić information content (AvgIpc) is 3.67. The van der Waals surface area contributed by atoms with E-state index in [4.69, 9.17) is 30.5 Å². The monoisotopic (exact) mass is 649 g/mol. The van der Waals surface area contributed by atoms with Gasteiger partial charge < -0.3 is 13.9 Å². The topological polar surface area (TPSA) is 113 Å². The Morgan fingerprint density at radius 2 is 1.31 bits per heavy atom. The summed E-state index contributed by atoms with van der Waals surface area (Å²) in [6.45, 7) is 7.07. The van der Waals surface area contributed by atoms with Gasteiger partial charge in [0.25, 0.3) is 0 Å². The first-order valence-electron chi connectivity index (χ1n) is 15.6. The van der Waals surface area contributed by atoms with Gasteiger partial charge in [-0.15, -0.1) is 11.3 Å². The van der Waals surface area contributed by atoms with Crippen LogP contribution in [0.25, 0.3) is 32.0 Å². The SMILES string of the molecule is CC(=O)C1CCC(C(=O)Oc2ccc(OC(=O)C3CCC(C(C)=O)CC3)c3sc(-c4cc5c(C)c(Cl)c(C)cc5o4)nc23)CC1. The van der Waals surface area contributed by atoms with Crippen LogP contribution in [0.2, 0.25) is 5.02 Å². The van der Waals surface area contributed by atoms with Crippen LogP contribution in [0.1, 0.15) is 76.3 Å². The molecule has 0 saturated heterocycles. The zero-order valence-corrected chi connectivity index (χ0v) is 27.4. The molecule has 8 nitrogen and oxygen atoms in total. The number of aryl methyl sites for hydroxylation is 2. The average molecular weight is 650 g/mol. The van der Waals surface area contributed by atoms with Gasteiger partial charge in [-0.05, 0) is 114 Å². The second-order valence-corrected chi connectivity index (χ2v) is 14.0. The molecule has 0 spiro atoms. The molecule has 236 valence electrons. The normalized spacial score (nSPS) is 22.0. The molecule has 0 aliphatic heterocycles. The standard InChI is InChI=1S/C35H36ClNO7S/c1-17-15-28-25(18(2)30(17)36)16-29(42-28)33-37-31-26(43-34(40)23-9-5-21(6-10-23)19(3)38)13-14-27(32(31)45-33)44-35(41)24-11-7-22(8-12-24)20(4)39/h13-16,21-24H,5-12H2,1-4H3. The number of ether oxygens (including phenoxy) is 2. The van der Waals surface area contributed by atoms with Crippen LogP contribution in [0.4, 0.5) is 0 Å². The quantitative estimate of drug-likeness (QED) is 0.144. The maximum atomic E-state index is 13.3. The van der Waals surface area contributed by atoms with Crippen molar-refractivity contribution in [3.8, 4) is 22.3 Å². The third kappa shape index (κ3) is 6.29. The summed E-state index contributed by atoms with van der Waals surface area (Å²) >= 11 is 7.80. The molecule has 0 atom stereocenters. The highest BCUT2D eigenvalue weighted by Gasteiger charge is 2.32. The molecule has 2 aromatic heterocycles. The Labute approximate surface area is 270 Å². The van der Waals surface area contributed by atoms with Gasteiger partial charge in [-0.1, -0.05) is 11.6 Å². The maximum Gasteiger partial charge on any atom is 0.314 e. The van der Waals surface area contributed by atoms with E-state index in [0.29, 0.717) is 88.7 Å². The van der Waals surface area contributed by atoms with Crippen LogP contribution in [0.3, 0.4) is 0 Å². The summed E-state index contributed by atoms with van der Waals surface area (Å²) in [5.74, 6) is 0.162. The van der Waals surface area contributed by atoms with Crippen molar-refractivity contribution in [3.63, 3.8) is 0 Å². The number of carbonyl (C=O) groups is 4. The molecular weight excluding hydrogens is 614 g/mol. The van der Waals surface area contributed by atoms with Gasteiger partial charge in [-0.2, -0.15) is 0 Å². The highest BCUT2D eigenvalue weighted by atomic mass is 35.5. The Balaban J connectivity index is 1.32. The number of benzene rings is 2. The van der Waals surface area contributed by atoms with Crippen LogP contribution in [-0.2, 0) is 19.2 Å². The first-order valence-corrected chi connectivity index (χ1v) is 16.8. The fourth-order valence-electron chi connectivity index (χ4n) is 6.67. The Morgan fingerprint density at radius 1 is 0.800 bits per heavy atom. The van der Waals surface area contributed by atoms with Crippen LogP contribution in [0.15, 0.2) is 28.7 Å². The molecule has 2 aromatic carbocycles. The number of ketones is 2. The number of furan rings is 1. The number of nitrogens with zero attached hydrogens (tertiary/aromatic N) is 1. The number of rotatable bonds is 7. The van der Waals surface area contributed by atoms with Crippen LogP contribution in [0.5, 0.6) is 11.5 Å². The van der Waals surface area contributed by atoms with E-state index in [9.17, 15) is 19.2 Å². The number of thiazole rings is 1. The van der Waals surface area contributed by atoms with Gasteiger partial charge in [0.1, 0.15) is 27.4 Å². The Morgan fingerprint density at radius 3 is 1.87 bits per heavy atom. The molecule has 2 aliphatic carbocycles. The number of halogens is 1. The van der Waals surface area contributed by atoms with Gasteiger partial charge >= 0.3 is 11.9 Å². The first kappa shape index (κ1) is 31.4. The summed E-state index contributed by atoms with van der Waals surface area (Å²) < 4.78 is 18.7. The van der Waals surface area contributed by atoms with Crippen molar-refractivity contribution in [2.45, 2.75) is 79.1 Å². The van der Waals surface area contributed by atoms with Gasteiger partial charge in [0.05, 0.1) is 11.8 Å². The molecule has 2 aliphatic rings. The van der Waals surface area contributed by atoms with E-state index < -0.39 is 0 Å². The zero-order valence-electron chi connectivity index (χ0n) is 25.9.